The molecule has 3 rings (SSSR count). The summed E-state index contributed by atoms with van der Waals surface area (Å²) >= 11 is 0. The molecule has 5 nitrogen and oxygen atoms in total. The van der Waals surface area contributed by atoms with E-state index in [2.05, 4.69) is 0 Å². The molecule has 1 amide bonds. The number of hydrogen-bond donors (Lipinski definition) is 1. The second-order valence-electron chi connectivity index (χ2n) is 7.21. The van der Waals surface area contributed by atoms with Gasteiger partial charge in [-0.25, -0.2) is 4.39 Å². The largest absolute Gasteiger partial charge is 0.507 e. The molecule has 0 aromatic heterocycles. The summed E-state index contributed by atoms with van der Waals surface area (Å²) in [5.41, 5.74) is 2.08. The van der Waals surface area contributed by atoms with Crippen molar-refractivity contribution in [3.05, 3.63) is 76.6 Å². The number of benzene rings is 2. The first kappa shape index (κ1) is 19.8. The summed E-state index contributed by atoms with van der Waals surface area (Å²) in [5.74, 6) is -2.02. The maximum Gasteiger partial charge on any atom is 0.295 e. The summed E-state index contributed by atoms with van der Waals surface area (Å²) in [6.45, 7) is 2.78. The summed E-state index contributed by atoms with van der Waals surface area (Å²) in [5, 5.41) is 10.9. The van der Waals surface area contributed by atoms with Gasteiger partial charge in [-0.05, 0) is 38.7 Å². The number of carbonyl (C=O) groups is 2. The van der Waals surface area contributed by atoms with Crippen molar-refractivity contribution in [1.29, 1.82) is 0 Å². The normalized spacial score (nSPS) is 18.9. The van der Waals surface area contributed by atoms with E-state index in [0.29, 0.717) is 24.2 Å². The number of amides is 1. The van der Waals surface area contributed by atoms with Gasteiger partial charge in [0.15, 0.2) is 0 Å². The van der Waals surface area contributed by atoms with Gasteiger partial charge in [-0.2, -0.15) is 0 Å². The Bertz CT molecular complexity index is 918. The molecule has 0 unspecified atom stereocenters. The van der Waals surface area contributed by atoms with Gasteiger partial charge in [0.05, 0.1) is 11.6 Å². The molecule has 0 saturated carbocycles. The zero-order valence-corrected chi connectivity index (χ0v) is 16.1. The summed E-state index contributed by atoms with van der Waals surface area (Å²) < 4.78 is 13.4. The zero-order valence-electron chi connectivity index (χ0n) is 16.1. The average molecular weight is 382 g/mol. The van der Waals surface area contributed by atoms with Crippen LogP contribution in [0.4, 0.5) is 4.39 Å². The van der Waals surface area contributed by atoms with Crippen LogP contribution in [0.5, 0.6) is 0 Å². The molecule has 1 aliphatic rings. The van der Waals surface area contributed by atoms with Crippen LogP contribution in [0.3, 0.4) is 0 Å². The molecule has 1 N–H and O–H groups in total. The lowest BCUT2D eigenvalue weighted by molar-refractivity contribution is -0.140. The number of aliphatic hydroxyl groups excluding tert-OH is 1. The van der Waals surface area contributed by atoms with Crippen molar-refractivity contribution < 1.29 is 19.1 Å². The minimum absolute atomic E-state index is 0.0271. The number of halogens is 1. The summed E-state index contributed by atoms with van der Waals surface area (Å²) in [7, 11) is 3.74. The van der Waals surface area contributed by atoms with Crippen molar-refractivity contribution in [3.63, 3.8) is 0 Å². The van der Waals surface area contributed by atoms with Crippen LogP contribution in [-0.4, -0.2) is 53.8 Å². The van der Waals surface area contributed by atoms with Crippen molar-refractivity contribution in [1.82, 2.24) is 9.80 Å². The maximum atomic E-state index is 13.4. The Balaban J connectivity index is 2.13. The number of nitrogens with zero attached hydrogens (tertiary/aromatic N) is 2. The quantitative estimate of drug-likeness (QED) is 0.490. The monoisotopic (exact) mass is 382 g/mol. The second-order valence-corrected chi connectivity index (χ2v) is 7.21. The fourth-order valence-corrected chi connectivity index (χ4v) is 3.28. The fourth-order valence-electron chi connectivity index (χ4n) is 3.28. The minimum Gasteiger partial charge on any atom is -0.507 e. The molecule has 6 heteroatoms. The lowest BCUT2D eigenvalue weighted by Crippen LogP contribution is -2.35. The number of ketones is 1. The Morgan fingerprint density at radius 1 is 1.07 bits per heavy atom. The van der Waals surface area contributed by atoms with Crippen LogP contribution in [-0.2, 0) is 9.59 Å². The van der Waals surface area contributed by atoms with Crippen molar-refractivity contribution in [2.45, 2.75) is 13.0 Å². The maximum absolute atomic E-state index is 13.4. The van der Waals surface area contributed by atoms with Gasteiger partial charge in [0.1, 0.15) is 11.6 Å². The summed E-state index contributed by atoms with van der Waals surface area (Å²) in [6.07, 6.45) is 0. The molecular formula is C22H23FN2O3. The number of rotatable bonds is 5. The SMILES string of the molecule is Cc1ccc(/C(O)=C2\C(=O)C(=O)N(CCN(C)C)[C@@H]2c2ccc(F)cc2)cc1. The van der Waals surface area contributed by atoms with Crippen molar-refractivity contribution in [3.8, 4) is 0 Å². The van der Waals surface area contributed by atoms with E-state index in [1.807, 2.05) is 38.1 Å². The van der Waals surface area contributed by atoms with E-state index < -0.39 is 23.5 Å². The molecule has 2 aromatic rings. The van der Waals surface area contributed by atoms with Crippen LogP contribution in [0.2, 0.25) is 0 Å². The van der Waals surface area contributed by atoms with E-state index >= 15 is 0 Å². The summed E-state index contributed by atoms with van der Waals surface area (Å²) in [6, 6.07) is 11.9. The molecule has 1 heterocycles. The van der Waals surface area contributed by atoms with Gasteiger partial charge in [0, 0.05) is 18.7 Å². The number of hydrogen-bond acceptors (Lipinski definition) is 4. The van der Waals surface area contributed by atoms with Gasteiger partial charge in [0.25, 0.3) is 11.7 Å². The highest BCUT2D eigenvalue weighted by atomic mass is 19.1. The molecule has 0 aliphatic carbocycles. The number of likely N-dealkylation sites (tertiary alicyclic amines) is 1. The van der Waals surface area contributed by atoms with E-state index in [1.54, 1.807) is 12.1 Å². The van der Waals surface area contributed by atoms with Gasteiger partial charge in [-0.15, -0.1) is 0 Å². The molecule has 28 heavy (non-hydrogen) atoms. The van der Waals surface area contributed by atoms with E-state index in [9.17, 15) is 19.1 Å². The number of aliphatic hydroxyl groups is 1. The van der Waals surface area contributed by atoms with Gasteiger partial charge in [0.2, 0.25) is 0 Å². The molecule has 1 atom stereocenters. The van der Waals surface area contributed by atoms with Crippen LogP contribution < -0.4 is 0 Å². The smallest absolute Gasteiger partial charge is 0.295 e. The van der Waals surface area contributed by atoms with Crippen LogP contribution in [0.1, 0.15) is 22.7 Å². The molecule has 1 fully saturated rings. The fraction of sp³-hybridized carbons (Fsp3) is 0.273. The van der Waals surface area contributed by atoms with E-state index in [0.717, 1.165) is 5.56 Å². The highest BCUT2D eigenvalue weighted by molar-refractivity contribution is 6.46. The number of Topliss-reactive ketones (excluding diaryl/α,β-unsaturated/α-hetero) is 1. The molecule has 2 aromatic carbocycles. The van der Waals surface area contributed by atoms with Crippen molar-refractivity contribution >= 4 is 17.4 Å². The third kappa shape index (κ3) is 3.82. The minimum atomic E-state index is -0.762. The third-order valence-corrected chi connectivity index (χ3v) is 4.84. The van der Waals surface area contributed by atoms with Gasteiger partial charge in [-0.3, -0.25) is 9.59 Å². The molecule has 1 saturated heterocycles. The first-order chi connectivity index (χ1) is 13.3. The Morgan fingerprint density at radius 2 is 1.68 bits per heavy atom. The van der Waals surface area contributed by atoms with Crippen molar-refractivity contribution in [2.75, 3.05) is 27.2 Å². The Labute approximate surface area is 163 Å². The summed E-state index contributed by atoms with van der Waals surface area (Å²) in [4.78, 5) is 28.8. The Kier molecular flexibility index (Phi) is 5.61. The lowest BCUT2D eigenvalue weighted by atomic mass is 9.95. The van der Waals surface area contributed by atoms with Gasteiger partial charge < -0.3 is 14.9 Å². The van der Waals surface area contributed by atoms with E-state index in [1.165, 1.54) is 29.2 Å². The predicted molar refractivity (Wildman–Crippen MR) is 105 cm³/mol. The highest BCUT2D eigenvalue weighted by Crippen LogP contribution is 2.39. The first-order valence-corrected chi connectivity index (χ1v) is 9.05. The first-order valence-electron chi connectivity index (χ1n) is 9.05. The van der Waals surface area contributed by atoms with Crippen LogP contribution in [0, 0.1) is 12.7 Å². The Hall–Kier alpha value is -2.99. The van der Waals surface area contributed by atoms with Crippen LogP contribution >= 0.6 is 0 Å². The second kappa shape index (κ2) is 7.94. The lowest BCUT2D eigenvalue weighted by Gasteiger charge is -2.26. The molecular weight excluding hydrogens is 359 g/mol. The predicted octanol–water partition coefficient (Wildman–Crippen LogP) is 3.12. The average Bonchev–Trinajstić information content (AvgIpc) is 2.91. The Morgan fingerprint density at radius 3 is 2.25 bits per heavy atom. The van der Waals surface area contributed by atoms with Crippen LogP contribution in [0.25, 0.3) is 5.76 Å². The number of likely N-dealkylation sites (N-methyl/N-ethyl adjacent to an activating group) is 1. The van der Waals surface area contributed by atoms with E-state index in [4.69, 9.17) is 0 Å². The zero-order chi connectivity index (χ0) is 20.4. The molecule has 0 radical (unpaired) electrons. The number of carbonyl (C=O) groups excluding carboxylic acids is 2. The van der Waals surface area contributed by atoms with Gasteiger partial charge in [-0.1, -0.05) is 42.0 Å². The number of aryl methyl sites for hydroxylation is 1. The molecule has 1 aliphatic heterocycles. The third-order valence-electron chi connectivity index (χ3n) is 4.84. The molecule has 146 valence electrons. The molecule has 0 spiro atoms. The topological polar surface area (TPSA) is 60.9 Å². The van der Waals surface area contributed by atoms with E-state index in [-0.39, 0.29) is 11.3 Å². The van der Waals surface area contributed by atoms with Crippen molar-refractivity contribution in [2.24, 2.45) is 0 Å². The standard InChI is InChI=1S/C22H23FN2O3/c1-14-4-6-16(7-5-14)20(26)18-19(15-8-10-17(23)11-9-15)25(13-12-24(2)3)22(28)21(18)27/h4-11,19,26H,12-13H2,1-3H3/b20-18+/t19-/m1/s1. The molecule has 0 bridgehead atoms. The van der Waals surface area contributed by atoms with Crippen LogP contribution in [0.15, 0.2) is 54.1 Å². The van der Waals surface area contributed by atoms with Gasteiger partial charge >= 0.3 is 0 Å². The highest BCUT2D eigenvalue weighted by Gasteiger charge is 2.45.